The Labute approximate surface area is 155 Å². The lowest BCUT2D eigenvalue weighted by Crippen LogP contribution is -2.28. The summed E-state index contributed by atoms with van der Waals surface area (Å²) in [6.07, 6.45) is -0.876. The Kier molecular flexibility index (Phi) is 5.98. The Morgan fingerprint density at radius 2 is 2.08 bits per heavy atom. The van der Waals surface area contributed by atoms with E-state index in [0.717, 1.165) is 11.6 Å². The van der Waals surface area contributed by atoms with Crippen LogP contribution < -0.4 is 10.6 Å². The predicted octanol–water partition coefficient (Wildman–Crippen LogP) is 3.11. The van der Waals surface area contributed by atoms with Crippen molar-refractivity contribution >= 4 is 24.0 Å². The molecule has 1 aromatic heterocycles. The van der Waals surface area contributed by atoms with E-state index in [9.17, 15) is 18.0 Å². The van der Waals surface area contributed by atoms with Gasteiger partial charge in [0.25, 0.3) is 0 Å². The first kappa shape index (κ1) is 20.3. The van der Waals surface area contributed by atoms with Gasteiger partial charge in [0.1, 0.15) is 0 Å². The minimum atomic E-state index is -4.45. The van der Waals surface area contributed by atoms with E-state index in [0.29, 0.717) is 13.1 Å². The van der Waals surface area contributed by atoms with Crippen LogP contribution in [0.3, 0.4) is 0 Å². The second-order valence-corrected chi connectivity index (χ2v) is 6.28. The molecule has 0 spiro atoms. The molecular weight excluding hydrogens is 369 g/mol. The number of nitrogens with zero attached hydrogens (tertiary/aromatic N) is 2. The first-order valence-corrected chi connectivity index (χ1v) is 7.94. The van der Waals surface area contributed by atoms with Crippen molar-refractivity contribution < 1.29 is 18.0 Å². The quantitative estimate of drug-likeness (QED) is 0.849. The third-order valence-corrected chi connectivity index (χ3v) is 4.60. The van der Waals surface area contributed by atoms with Crippen LogP contribution >= 0.6 is 12.4 Å². The van der Waals surface area contributed by atoms with Crippen molar-refractivity contribution in [3.8, 4) is 0 Å². The number of hydrogen-bond donors (Lipinski definition) is 2. The molecule has 0 unspecified atom stereocenters. The molecule has 2 aromatic rings. The highest BCUT2D eigenvalue weighted by Gasteiger charge is 2.36. The molecule has 2 N–H and O–H groups in total. The number of carbonyl (C=O) groups excluding carboxylic acids is 1. The number of carbonyl (C=O) groups is 1. The van der Waals surface area contributed by atoms with Gasteiger partial charge < -0.3 is 10.6 Å². The first-order valence-electron chi connectivity index (χ1n) is 7.94. The van der Waals surface area contributed by atoms with Crippen LogP contribution in [0.15, 0.2) is 30.6 Å². The van der Waals surface area contributed by atoms with Crippen molar-refractivity contribution in [1.82, 2.24) is 15.1 Å². The molecule has 0 radical (unpaired) electrons. The maximum Gasteiger partial charge on any atom is 0.416 e. The molecule has 5 nitrogen and oxygen atoms in total. The standard InChI is InChI=1S/C17H19F3N4O.ClH/c1-10-14(17(18,19)20)4-3-5-15(10)23-16(25)13-8-21-7-12(13)11-6-22-24(2)9-11;/h3-6,9,12-13,21H,7-8H2,1-2H3,(H,23,25);1H/t12-,13+;/m1./s1. The Bertz CT molecular complexity index is 791. The molecule has 1 amide bonds. The van der Waals surface area contributed by atoms with Gasteiger partial charge in [-0.15, -0.1) is 12.4 Å². The normalized spacial score (nSPS) is 19.9. The topological polar surface area (TPSA) is 59.0 Å². The van der Waals surface area contributed by atoms with Gasteiger partial charge in [0, 0.05) is 37.9 Å². The Balaban J connectivity index is 0.00000243. The smallest absolute Gasteiger partial charge is 0.326 e. The number of alkyl halides is 3. The molecule has 26 heavy (non-hydrogen) atoms. The van der Waals surface area contributed by atoms with Crippen LogP contribution in [-0.2, 0) is 18.0 Å². The third kappa shape index (κ3) is 4.02. The maximum atomic E-state index is 13.0. The van der Waals surface area contributed by atoms with Crippen LogP contribution in [0, 0.1) is 12.8 Å². The summed E-state index contributed by atoms with van der Waals surface area (Å²) in [7, 11) is 1.80. The van der Waals surface area contributed by atoms with Gasteiger partial charge in [-0.05, 0) is 30.2 Å². The van der Waals surface area contributed by atoms with Crippen molar-refractivity contribution in [2.24, 2.45) is 13.0 Å². The molecule has 1 fully saturated rings. The van der Waals surface area contributed by atoms with Gasteiger partial charge in [-0.25, -0.2) is 0 Å². The zero-order valence-corrected chi connectivity index (χ0v) is 15.1. The largest absolute Gasteiger partial charge is 0.416 e. The minimum Gasteiger partial charge on any atom is -0.326 e. The van der Waals surface area contributed by atoms with E-state index in [2.05, 4.69) is 15.7 Å². The van der Waals surface area contributed by atoms with Gasteiger partial charge >= 0.3 is 6.18 Å². The van der Waals surface area contributed by atoms with Crippen LogP contribution in [-0.4, -0.2) is 28.8 Å². The van der Waals surface area contributed by atoms with Crippen LogP contribution in [0.4, 0.5) is 18.9 Å². The van der Waals surface area contributed by atoms with E-state index in [1.807, 2.05) is 6.20 Å². The first-order chi connectivity index (χ1) is 11.8. The zero-order chi connectivity index (χ0) is 18.2. The number of benzene rings is 1. The molecule has 2 heterocycles. The highest BCUT2D eigenvalue weighted by Crippen LogP contribution is 2.35. The highest BCUT2D eigenvalue weighted by atomic mass is 35.5. The van der Waals surface area contributed by atoms with Gasteiger partial charge in [0.15, 0.2) is 0 Å². The fraction of sp³-hybridized carbons (Fsp3) is 0.412. The van der Waals surface area contributed by atoms with Gasteiger partial charge in [-0.3, -0.25) is 9.48 Å². The number of amides is 1. The Hall–Kier alpha value is -2.06. The highest BCUT2D eigenvalue weighted by molar-refractivity contribution is 5.94. The van der Waals surface area contributed by atoms with E-state index >= 15 is 0 Å². The molecule has 142 valence electrons. The molecule has 0 saturated carbocycles. The predicted molar refractivity (Wildman–Crippen MR) is 94.4 cm³/mol. The van der Waals surface area contributed by atoms with Crippen LogP contribution in [0.2, 0.25) is 0 Å². The minimum absolute atomic E-state index is 0. The zero-order valence-electron chi connectivity index (χ0n) is 14.3. The van der Waals surface area contributed by atoms with E-state index in [-0.39, 0.29) is 41.4 Å². The number of hydrogen-bond acceptors (Lipinski definition) is 3. The second kappa shape index (κ2) is 7.67. The lowest BCUT2D eigenvalue weighted by atomic mass is 9.90. The molecule has 1 aliphatic rings. The fourth-order valence-electron chi connectivity index (χ4n) is 3.24. The monoisotopic (exact) mass is 388 g/mol. The number of anilines is 1. The average molecular weight is 389 g/mol. The average Bonchev–Trinajstić information content (AvgIpc) is 3.16. The summed E-state index contributed by atoms with van der Waals surface area (Å²) in [4.78, 5) is 12.7. The maximum absolute atomic E-state index is 13.0. The summed E-state index contributed by atoms with van der Waals surface area (Å²) in [6.45, 7) is 2.47. The fourth-order valence-corrected chi connectivity index (χ4v) is 3.24. The van der Waals surface area contributed by atoms with Gasteiger partial charge in [0.05, 0.1) is 17.7 Å². The lowest BCUT2D eigenvalue weighted by molar-refractivity contribution is -0.138. The lowest BCUT2D eigenvalue weighted by Gasteiger charge is -2.19. The third-order valence-electron chi connectivity index (χ3n) is 4.60. The summed E-state index contributed by atoms with van der Waals surface area (Å²) in [5, 5.41) is 9.96. The molecule has 9 heteroatoms. The molecule has 3 rings (SSSR count). The van der Waals surface area contributed by atoms with Gasteiger partial charge in [0.2, 0.25) is 5.91 Å². The molecule has 2 atom stereocenters. The molecule has 1 aliphatic heterocycles. The summed E-state index contributed by atoms with van der Waals surface area (Å²) < 4.78 is 40.7. The van der Waals surface area contributed by atoms with Crippen LogP contribution in [0.25, 0.3) is 0 Å². The van der Waals surface area contributed by atoms with Gasteiger partial charge in [-0.1, -0.05) is 6.07 Å². The van der Waals surface area contributed by atoms with Crippen molar-refractivity contribution in [2.45, 2.75) is 19.0 Å². The van der Waals surface area contributed by atoms with E-state index < -0.39 is 11.7 Å². The van der Waals surface area contributed by atoms with Crippen molar-refractivity contribution in [3.05, 3.63) is 47.3 Å². The molecule has 0 aliphatic carbocycles. The van der Waals surface area contributed by atoms with Crippen LogP contribution in [0.1, 0.15) is 22.6 Å². The van der Waals surface area contributed by atoms with E-state index in [4.69, 9.17) is 0 Å². The number of nitrogens with one attached hydrogen (secondary N) is 2. The summed E-state index contributed by atoms with van der Waals surface area (Å²) in [5.41, 5.74) is 0.413. The second-order valence-electron chi connectivity index (χ2n) is 6.28. The Morgan fingerprint density at radius 1 is 1.35 bits per heavy atom. The molecule has 0 bridgehead atoms. The van der Waals surface area contributed by atoms with Crippen molar-refractivity contribution in [1.29, 1.82) is 0 Å². The SMILES string of the molecule is Cc1c(NC(=O)[C@H]2CNC[C@@H]2c2cnn(C)c2)cccc1C(F)(F)F.Cl. The van der Waals surface area contributed by atoms with Crippen molar-refractivity contribution in [3.63, 3.8) is 0 Å². The summed E-state index contributed by atoms with van der Waals surface area (Å²) in [6, 6.07) is 3.81. The summed E-state index contributed by atoms with van der Waals surface area (Å²) >= 11 is 0. The van der Waals surface area contributed by atoms with Crippen LogP contribution in [0.5, 0.6) is 0 Å². The van der Waals surface area contributed by atoms with E-state index in [1.54, 1.807) is 17.9 Å². The number of aromatic nitrogens is 2. The van der Waals surface area contributed by atoms with E-state index in [1.165, 1.54) is 19.1 Å². The molecular formula is C17H20ClF3N4O. The Morgan fingerprint density at radius 3 is 2.69 bits per heavy atom. The van der Waals surface area contributed by atoms with Gasteiger partial charge in [-0.2, -0.15) is 18.3 Å². The number of rotatable bonds is 3. The number of aryl methyl sites for hydroxylation is 1. The van der Waals surface area contributed by atoms with Crippen molar-refractivity contribution in [2.75, 3.05) is 18.4 Å². The molecule has 1 saturated heterocycles. The number of halogens is 4. The molecule has 1 aromatic carbocycles. The summed E-state index contributed by atoms with van der Waals surface area (Å²) in [5.74, 6) is -0.709.